The average molecular weight is 406 g/mol. The van der Waals surface area contributed by atoms with E-state index in [1.807, 2.05) is 24.3 Å². The minimum Gasteiger partial charge on any atom is -0.379 e. The van der Waals surface area contributed by atoms with E-state index >= 15 is 0 Å². The third-order valence-electron chi connectivity index (χ3n) is 5.44. The topological polar surface area (TPSA) is 76.5 Å². The predicted molar refractivity (Wildman–Crippen MR) is 117 cm³/mol. The van der Waals surface area contributed by atoms with Crippen LogP contribution < -0.4 is 10.9 Å². The SMILES string of the molecule is Cn1c(=O)c(-c2ccc(C(=O)NCCCN3CCOCC3)cc2)nc2ccccc21. The summed E-state index contributed by atoms with van der Waals surface area (Å²) in [5.74, 6) is -0.108. The number of fused-ring (bicyclic) bond motifs is 1. The number of hydrogen-bond acceptors (Lipinski definition) is 5. The van der Waals surface area contributed by atoms with Crippen LogP contribution in [0.25, 0.3) is 22.3 Å². The third kappa shape index (κ3) is 4.42. The predicted octanol–water partition coefficient (Wildman–Crippen LogP) is 2.05. The van der Waals surface area contributed by atoms with E-state index in [1.165, 1.54) is 0 Å². The van der Waals surface area contributed by atoms with Crippen molar-refractivity contribution in [1.29, 1.82) is 0 Å². The molecule has 1 N–H and O–H groups in total. The summed E-state index contributed by atoms with van der Waals surface area (Å²) in [4.78, 5) is 32.0. The molecule has 4 rings (SSSR count). The van der Waals surface area contributed by atoms with Crippen molar-refractivity contribution in [2.45, 2.75) is 6.42 Å². The number of hydrogen-bond donors (Lipinski definition) is 1. The highest BCUT2D eigenvalue weighted by molar-refractivity contribution is 5.94. The largest absolute Gasteiger partial charge is 0.379 e. The summed E-state index contributed by atoms with van der Waals surface area (Å²) < 4.78 is 6.95. The number of ether oxygens (including phenoxy) is 1. The first-order chi connectivity index (χ1) is 14.6. The number of nitrogens with zero attached hydrogens (tertiary/aromatic N) is 3. The van der Waals surface area contributed by atoms with Gasteiger partial charge in [0.15, 0.2) is 0 Å². The molecule has 2 heterocycles. The van der Waals surface area contributed by atoms with Crippen LogP contribution in [0.2, 0.25) is 0 Å². The second-order valence-corrected chi connectivity index (χ2v) is 7.45. The quantitative estimate of drug-likeness (QED) is 0.634. The molecule has 7 heteroatoms. The molecule has 0 spiro atoms. The highest BCUT2D eigenvalue weighted by atomic mass is 16.5. The molecule has 1 aliphatic rings. The molecule has 1 fully saturated rings. The number of carbonyl (C=O) groups excluding carboxylic acids is 1. The number of morpholine rings is 1. The summed E-state index contributed by atoms with van der Waals surface area (Å²) in [7, 11) is 1.74. The van der Waals surface area contributed by atoms with Gasteiger partial charge in [-0.25, -0.2) is 4.98 Å². The molecule has 1 aliphatic heterocycles. The lowest BCUT2D eigenvalue weighted by molar-refractivity contribution is 0.0374. The van der Waals surface area contributed by atoms with Crippen LogP contribution in [-0.2, 0) is 11.8 Å². The van der Waals surface area contributed by atoms with E-state index in [0.717, 1.165) is 50.3 Å². The van der Waals surface area contributed by atoms with Gasteiger partial charge in [-0.1, -0.05) is 24.3 Å². The van der Waals surface area contributed by atoms with Crippen LogP contribution >= 0.6 is 0 Å². The number of para-hydroxylation sites is 2. The number of amides is 1. The van der Waals surface area contributed by atoms with Crippen molar-refractivity contribution in [3.63, 3.8) is 0 Å². The monoisotopic (exact) mass is 406 g/mol. The molecule has 0 bridgehead atoms. The highest BCUT2D eigenvalue weighted by Crippen LogP contribution is 2.18. The fraction of sp³-hybridized carbons (Fsp3) is 0.348. The molecular formula is C23H26N4O3. The molecule has 0 unspecified atom stereocenters. The zero-order valence-electron chi connectivity index (χ0n) is 17.1. The van der Waals surface area contributed by atoms with Gasteiger partial charge in [-0.05, 0) is 37.2 Å². The fourth-order valence-electron chi connectivity index (χ4n) is 3.68. The van der Waals surface area contributed by atoms with Gasteiger partial charge in [-0.15, -0.1) is 0 Å². The fourth-order valence-corrected chi connectivity index (χ4v) is 3.68. The molecule has 2 aromatic carbocycles. The molecule has 0 atom stereocenters. The van der Waals surface area contributed by atoms with Gasteiger partial charge in [0, 0.05) is 37.8 Å². The van der Waals surface area contributed by atoms with Crippen LogP contribution in [0.15, 0.2) is 53.3 Å². The van der Waals surface area contributed by atoms with Crippen molar-refractivity contribution in [3.05, 3.63) is 64.4 Å². The second-order valence-electron chi connectivity index (χ2n) is 7.45. The van der Waals surface area contributed by atoms with E-state index in [1.54, 1.807) is 35.9 Å². The lowest BCUT2D eigenvalue weighted by atomic mass is 10.1. The molecule has 30 heavy (non-hydrogen) atoms. The van der Waals surface area contributed by atoms with Crippen molar-refractivity contribution < 1.29 is 9.53 Å². The zero-order valence-corrected chi connectivity index (χ0v) is 17.1. The van der Waals surface area contributed by atoms with Gasteiger partial charge < -0.3 is 14.6 Å². The van der Waals surface area contributed by atoms with Crippen molar-refractivity contribution in [3.8, 4) is 11.3 Å². The molecule has 1 aromatic heterocycles. The number of aryl methyl sites for hydroxylation is 1. The van der Waals surface area contributed by atoms with Crippen LogP contribution in [0.5, 0.6) is 0 Å². The number of aromatic nitrogens is 2. The van der Waals surface area contributed by atoms with Crippen LogP contribution in [-0.4, -0.2) is 59.8 Å². The average Bonchev–Trinajstić information content (AvgIpc) is 2.80. The Hall–Kier alpha value is -3.03. The summed E-state index contributed by atoms with van der Waals surface area (Å²) in [6, 6.07) is 14.6. The third-order valence-corrected chi connectivity index (χ3v) is 5.44. The van der Waals surface area contributed by atoms with Gasteiger partial charge in [0.25, 0.3) is 11.5 Å². The zero-order chi connectivity index (χ0) is 20.9. The second kappa shape index (κ2) is 9.19. The number of rotatable bonds is 6. The Morgan fingerprint density at radius 1 is 1.10 bits per heavy atom. The molecule has 3 aromatic rings. The van der Waals surface area contributed by atoms with E-state index in [0.29, 0.717) is 23.4 Å². The lowest BCUT2D eigenvalue weighted by Gasteiger charge is -2.26. The first kappa shape index (κ1) is 20.3. The maximum absolute atomic E-state index is 12.7. The van der Waals surface area contributed by atoms with Crippen molar-refractivity contribution in [1.82, 2.24) is 19.8 Å². The lowest BCUT2D eigenvalue weighted by Crippen LogP contribution is -2.38. The Labute approximate surface area is 175 Å². The minimum atomic E-state index is -0.158. The Kier molecular flexibility index (Phi) is 6.21. The molecule has 1 amide bonds. The molecule has 7 nitrogen and oxygen atoms in total. The van der Waals surface area contributed by atoms with Crippen LogP contribution in [0.1, 0.15) is 16.8 Å². The summed E-state index contributed by atoms with van der Waals surface area (Å²) >= 11 is 0. The first-order valence-electron chi connectivity index (χ1n) is 10.3. The van der Waals surface area contributed by atoms with Crippen LogP contribution in [0.3, 0.4) is 0 Å². The smallest absolute Gasteiger partial charge is 0.277 e. The maximum Gasteiger partial charge on any atom is 0.277 e. The van der Waals surface area contributed by atoms with Gasteiger partial charge in [-0.2, -0.15) is 0 Å². The van der Waals surface area contributed by atoms with Crippen molar-refractivity contribution >= 4 is 16.9 Å². The van der Waals surface area contributed by atoms with E-state index < -0.39 is 0 Å². The molecule has 1 saturated heterocycles. The van der Waals surface area contributed by atoms with Crippen LogP contribution in [0, 0.1) is 0 Å². The highest BCUT2D eigenvalue weighted by Gasteiger charge is 2.13. The molecule has 0 saturated carbocycles. The summed E-state index contributed by atoms with van der Waals surface area (Å²) in [6.07, 6.45) is 0.904. The minimum absolute atomic E-state index is 0.108. The van der Waals surface area contributed by atoms with Crippen molar-refractivity contribution in [2.24, 2.45) is 7.05 Å². The summed E-state index contributed by atoms with van der Waals surface area (Å²) in [5.41, 5.74) is 3.05. The Morgan fingerprint density at radius 3 is 2.60 bits per heavy atom. The molecule has 0 radical (unpaired) electrons. The van der Waals surface area contributed by atoms with Gasteiger partial charge in [0.05, 0.1) is 24.2 Å². The standard InChI is InChI=1S/C23H26N4O3/c1-26-20-6-3-2-5-19(20)25-21(23(26)29)17-7-9-18(10-8-17)22(28)24-11-4-12-27-13-15-30-16-14-27/h2-3,5-10H,4,11-16H2,1H3,(H,24,28). The van der Waals surface area contributed by atoms with Gasteiger partial charge in [-0.3, -0.25) is 14.5 Å². The summed E-state index contributed by atoms with van der Waals surface area (Å²) in [5, 5.41) is 2.96. The normalized spacial score (nSPS) is 14.7. The number of nitrogens with one attached hydrogen (secondary N) is 1. The van der Waals surface area contributed by atoms with Crippen molar-refractivity contribution in [2.75, 3.05) is 39.4 Å². The summed E-state index contributed by atoms with van der Waals surface area (Å²) in [6.45, 7) is 5.07. The van der Waals surface area contributed by atoms with E-state index in [2.05, 4.69) is 15.2 Å². The molecular weight excluding hydrogens is 380 g/mol. The Bertz CT molecular complexity index is 1090. The van der Waals surface area contributed by atoms with E-state index in [4.69, 9.17) is 4.74 Å². The Morgan fingerprint density at radius 2 is 1.83 bits per heavy atom. The van der Waals surface area contributed by atoms with E-state index in [9.17, 15) is 9.59 Å². The first-order valence-corrected chi connectivity index (χ1v) is 10.3. The van der Waals surface area contributed by atoms with Gasteiger partial charge >= 0.3 is 0 Å². The molecule has 0 aliphatic carbocycles. The van der Waals surface area contributed by atoms with E-state index in [-0.39, 0.29) is 11.5 Å². The molecule has 156 valence electrons. The maximum atomic E-state index is 12.7. The van der Waals surface area contributed by atoms with Gasteiger partial charge in [0.2, 0.25) is 0 Å². The number of benzene rings is 2. The number of carbonyl (C=O) groups is 1. The Balaban J connectivity index is 1.40. The van der Waals surface area contributed by atoms with Crippen LogP contribution in [0.4, 0.5) is 0 Å². The van der Waals surface area contributed by atoms with Gasteiger partial charge in [0.1, 0.15) is 5.69 Å².